The topological polar surface area (TPSA) is 72.5 Å². The molecular weight excluding hydrogens is 246 g/mol. The maximum absolute atomic E-state index is 11.6. The van der Waals surface area contributed by atoms with E-state index >= 15 is 0 Å². The zero-order valence-electron chi connectivity index (χ0n) is 11.4. The smallest absolute Gasteiger partial charge is 0.225 e. The molecule has 1 aromatic heterocycles. The van der Waals surface area contributed by atoms with E-state index in [0.717, 1.165) is 6.54 Å². The first-order chi connectivity index (χ1) is 9.26. The number of hydrogen-bond acceptors (Lipinski definition) is 5. The van der Waals surface area contributed by atoms with Gasteiger partial charge in [-0.15, -0.1) is 0 Å². The quantitative estimate of drug-likeness (QED) is 0.654. The molecule has 0 atom stereocenters. The van der Waals surface area contributed by atoms with Crippen LogP contribution in [-0.4, -0.2) is 44.3 Å². The van der Waals surface area contributed by atoms with Crippen molar-refractivity contribution in [3.05, 3.63) is 18.3 Å². The highest BCUT2D eigenvalue weighted by Gasteiger charge is 2.02. The Bertz CT molecular complexity index is 368. The van der Waals surface area contributed by atoms with Crippen LogP contribution >= 0.6 is 0 Å². The van der Waals surface area contributed by atoms with Crippen molar-refractivity contribution in [3.8, 4) is 5.88 Å². The summed E-state index contributed by atoms with van der Waals surface area (Å²) in [6, 6.07) is 3.48. The van der Waals surface area contributed by atoms with Gasteiger partial charge in [-0.3, -0.25) is 4.79 Å². The van der Waals surface area contributed by atoms with E-state index < -0.39 is 0 Å². The highest BCUT2D eigenvalue weighted by Crippen LogP contribution is 2.11. The molecule has 0 spiro atoms. The lowest BCUT2D eigenvalue weighted by Crippen LogP contribution is -2.21. The van der Waals surface area contributed by atoms with Gasteiger partial charge >= 0.3 is 0 Å². The second kappa shape index (κ2) is 9.29. The Kier molecular flexibility index (Phi) is 7.53. The second-order valence-electron chi connectivity index (χ2n) is 3.88. The maximum atomic E-state index is 11.6. The van der Waals surface area contributed by atoms with Gasteiger partial charge in [-0.25, -0.2) is 4.98 Å². The molecule has 0 radical (unpaired) electrons. The first-order valence-electron chi connectivity index (χ1n) is 6.34. The van der Waals surface area contributed by atoms with E-state index in [1.54, 1.807) is 25.4 Å². The van der Waals surface area contributed by atoms with Crippen LogP contribution in [0.1, 0.15) is 13.3 Å². The lowest BCUT2D eigenvalue weighted by atomic mass is 10.3. The molecule has 0 unspecified atom stereocenters. The number of nitrogens with zero attached hydrogens (tertiary/aromatic N) is 1. The molecule has 1 amide bonds. The summed E-state index contributed by atoms with van der Waals surface area (Å²) >= 11 is 0. The van der Waals surface area contributed by atoms with E-state index in [1.165, 1.54) is 0 Å². The predicted octanol–water partition coefficient (Wildman–Crippen LogP) is 1.04. The molecule has 6 heteroatoms. The lowest BCUT2D eigenvalue weighted by Gasteiger charge is -2.07. The Morgan fingerprint density at radius 3 is 2.84 bits per heavy atom. The molecular formula is C13H21N3O3. The Morgan fingerprint density at radius 1 is 1.37 bits per heavy atom. The van der Waals surface area contributed by atoms with E-state index in [2.05, 4.69) is 15.6 Å². The maximum Gasteiger partial charge on any atom is 0.225 e. The largest absolute Gasteiger partial charge is 0.475 e. The molecule has 0 aliphatic rings. The summed E-state index contributed by atoms with van der Waals surface area (Å²) in [5.41, 5.74) is 0.667. The molecule has 0 aliphatic carbocycles. The van der Waals surface area contributed by atoms with Crippen LogP contribution in [-0.2, 0) is 9.53 Å². The molecule has 1 rings (SSSR count). The van der Waals surface area contributed by atoms with E-state index in [-0.39, 0.29) is 5.91 Å². The van der Waals surface area contributed by atoms with Crippen LogP contribution in [0.4, 0.5) is 5.69 Å². The number of methoxy groups -OCH3 is 1. The van der Waals surface area contributed by atoms with E-state index in [4.69, 9.17) is 9.47 Å². The van der Waals surface area contributed by atoms with Crippen molar-refractivity contribution >= 4 is 11.6 Å². The summed E-state index contributed by atoms with van der Waals surface area (Å²) in [6.07, 6.45) is 2.02. The molecule has 0 saturated heterocycles. The SMILES string of the molecule is CCNCCC(=O)Nc1ccc(OCCOC)nc1. The molecule has 0 fully saturated rings. The molecule has 0 aliphatic heterocycles. The Balaban J connectivity index is 2.32. The van der Waals surface area contributed by atoms with Gasteiger partial charge in [0.25, 0.3) is 0 Å². The molecule has 2 N–H and O–H groups in total. The molecule has 1 heterocycles. The van der Waals surface area contributed by atoms with Crippen LogP contribution in [0.2, 0.25) is 0 Å². The summed E-state index contributed by atoms with van der Waals surface area (Å²) in [5.74, 6) is 0.485. The first kappa shape index (κ1) is 15.4. The van der Waals surface area contributed by atoms with Gasteiger partial charge in [0, 0.05) is 26.1 Å². The van der Waals surface area contributed by atoms with Gasteiger partial charge in [-0.2, -0.15) is 0 Å². The minimum atomic E-state index is -0.0317. The number of anilines is 1. The third-order valence-corrected chi connectivity index (χ3v) is 2.34. The zero-order valence-corrected chi connectivity index (χ0v) is 11.4. The lowest BCUT2D eigenvalue weighted by molar-refractivity contribution is -0.116. The van der Waals surface area contributed by atoms with Crippen LogP contribution in [0.5, 0.6) is 5.88 Å². The van der Waals surface area contributed by atoms with Gasteiger partial charge in [0.1, 0.15) is 6.61 Å². The summed E-state index contributed by atoms with van der Waals surface area (Å²) in [5, 5.41) is 5.87. The molecule has 6 nitrogen and oxygen atoms in total. The third-order valence-electron chi connectivity index (χ3n) is 2.34. The summed E-state index contributed by atoms with van der Waals surface area (Å²) in [6.45, 7) is 4.52. The van der Waals surface area contributed by atoms with Gasteiger partial charge in [-0.05, 0) is 12.6 Å². The molecule has 1 aromatic rings. The van der Waals surface area contributed by atoms with Crippen LogP contribution in [0.25, 0.3) is 0 Å². The molecule has 0 aromatic carbocycles. The van der Waals surface area contributed by atoms with E-state index in [1.807, 2.05) is 6.92 Å². The van der Waals surface area contributed by atoms with Gasteiger partial charge in [-0.1, -0.05) is 6.92 Å². The number of rotatable bonds is 9. The summed E-state index contributed by atoms with van der Waals surface area (Å²) < 4.78 is 10.2. The first-order valence-corrected chi connectivity index (χ1v) is 6.34. The third kappa shape index (κ3) is 6.73. The van der Waals surface area contributed by atoms with Gasteiger partial charge in [0.15, 0.2) is 0 Å². The Hall–Kier alpha value is -1.66. The van der Waals surface area contributed by atoms with Crippen molar-refractivity contribution in [1.82, 2.24) is 10.3 Å². The monoisotopic (exact) mass is 267 g/mol. The zero-order chi connectivity index (χ0) is 13.9. The number of aromatic nitrogens is 1. The highest BCUT2D eigenvalue weighted by atomic mass is 16.5. The van der Waals surface area contributed by atoms with E-state index in [9.17, 15) is 4.79 Å². The molecule has 106 valence electrons. The minimum absolute atomic E-state index is 0.0317. The van der Waals surface area contributed by atoms with Crippen LogP contribution in [0.15, 0.2) is 18.3 Å². The van der Waals surface area contributed by atoms with Gasteiger partial charge in [0.05, 0.1) is 18.5 Å². The fraction of sp³-hybridized carbons (Fsp3) is 0.538. The second-order valence-corrected chi connectivity index (χ2v) is 3.88. The molecule has 0 bridgehead atoms. The minimum Gasteiger partial charge on any atom is -0.475 e. The number of amides is 1. The fourth-order valence-corrected chi connectivity index (χ4v) is 1.37. The van der Waals surface area contributed by atoms with Crippen LogP contribution in [0.3, 0.4) is 0 Å². The Morgan fingerprint density at radius 2 is 2.21 bits per heavy atom. The average molecular weight is 267 g/mol. The predicted molar refractivity (Wildman–Crippen MR) is 73.4 cm³/mol. The van der Waals surface area contributed by atoms with Gasteiger partial charge in [0.2, 0.25) is 11.8 Å². The fourth-order valence-electron chi connectivity index (χ4n) is 1.37. The van der Waals surface area contributed by atoms with Crippen molar-refractivity contribution in [2.75, 3.05) is 38.7 Å². The number of hydrogen-bond donors (Lipinski definition) is 2. The summed E-state index contributed by atoms with van der Waals surface area (Å²) in [4.78, 5) is 15.6. The number of nitrogens with one attached hydrogen (secondary N) is 2. The van der Waals surface area contributed by atoms with Crippen molar-refractivity contribution < 1.29 is 14.3 Å². The number of ether oxygens (including phenoxy) is 2. The summed E-state index contributed by atoms with van der Waals surface area (Å²) in [7, 11) is 1.61. The number of carbonyl (C=O) groups is 1. The average Bonchev–Trinajstić information content (AvgIpc) is 2.41. The number of pyridine rings is 1. The molecule has 0 saturated carbocycles. The van der Waals surface area contributed by atoms with Crippen molar-refractivity contribution in [2.24, 2.45) is 0 Å². The highest BCUT2D eigenvalue weighted by molar-refractivity contribution is 5.90. The standard InChI is InChI=1S/C13H21N3O3/c1-3-14-7-6-12(17)16-11-4-5-13(15-10-11)19-9-8-18-2/h4-5,10,14H,3,6-9H2,1-2H3,(H,16,17). The van der Waals surface area contributed by atoms with Crippen molar-refractivity contribution in [1.29, 1.82) is 0 Å². The van der Waals surface area contributed by atoms with Crippen LogP contribution in [0, 0.1) is 0 Å². The van der Waals surface area contributed by atoms with Crippen molar-refractivity contribution in [2.45, 2.75) is 13.3 Å². The van der Waals surface area contributed by atoms with Gasteiger partial charge < -0.3 is 20.1 Å². The molecule has 19 heavy (non-hydrogen) atoms. The van der Waals surface area contributed by atoms with E-state index in [0.29, 0.717) is 37.7 Å². The van der Waals surface area contributed by atoms with Crippen molar-refractivity contribution in [3.63, 3.8) is 0 Å². The normalized spacial score (nSPS) is 10.2. The Labute approximate surface area is 113 Å². The number of carbonyl (C=O) groups excluding carboxylic acids is 1. The van der Waals surface area contributed by atoms with Crippen LogP contribution < -0.4 is 15.4 Å².